The van der Waals surface area contributed by atoms with E-state index in [1.54, 1.807) is 0 Å². The first-order chi connectivity index (χ1) is 9.70. The Hall–Kier alpha value is -2.10. The molecule has 2 N–H and O–H groups in total. The molecule has 2 rings (SSSR count). The third-order valence-electron chi connectivity index (χ3n) is 3.08. The molecule has 0 aliphatic heterocycles. The Kier molecular flexibility index (Phi) is 4.93. The number of benzene rings is 1. The van der Waals surface area contributed by atoms with Crippen LogP contribution < -0.4 is 10.6 Å². The summed E-state index contributed by atoms with van der Waals surface area (Å²) >= 11 is 0. The van der Waals surface area contributed by atoms with Crippen LogP contribution in [0.2, 0.25) is 0 Å². The number of rotatable bonds is 6. The van der Waals surface area contributed by atoms with E-state index < -0.39 is 0 Å². The minimum atomic E-state index is 0.0921. The Labute approximate surface area is 119 Å². The van der Waals surface area contributed by atoms with E-state index in [4.69, 9.17) is 0 Å². The lowest BCUT2D eigenvalue weighted by Gasteiger charge is -2.10. The molecule has 0 bridgehead atoms. The zero-order chi connectivity index (χ0) is 14.4. The van der Waals surface area contributed by atoms with Gasteiger partial charge in [0.2, 0.25) is 5.91 Å². The molecule has 0 atom stereocenters. The molecule has 106 valence electrons. The summed E-state index contributed by atoms with van der Waals surface area (Å²) in [4.78, 5) is 16.1. The van der Waals surface area contributed by atoms with E-state index in [1.807, 2.05) is 44.2 Å². The molecule has 4 heteroatoms. The maximum atomic E-state index is 11.6. The van der Waals surface area contributed by atoms with Gasteiger partial charge in [0.15, 0.2) is 0 Å². The van der Waals surface area contributed by atoms with Gasteiger partial charge in [0, 0.05) is 36.3 Å². The summed E-state index contributed by atoms with van der Waals surface area (Å²) in [5, 5.41) is 7.30. The van der Waals surface area contributed by atoms with E-state index >= 15 is 0 Å². The molecule has 20 heavy (non-hydrogen) atoms. The number of aromatic nitrogens is 1. The Morgan fingerprint density at radius 2 is 2.05 bits per heavy atom. The lowest BCUT2D eigenvalue weighted by molar-refractivity contribution is -0.120. The number of hydrogen-bond acceptors (Lipinski definition) is 3. The molecular weight excluding hydrogens is 250 g/mol. The maximum absolute atomic E-state index is 11.6. The summed E-state index contributed by atoms with van der Waals surface area (Å²) in [6.45, 7) is 5.40. The standard InChI is InChI=1S/C16H21N3O/c1-3-9-18-16(20)8-10-17-15-11-12(2)19-14-7-5-4-6-13(14)15/h4-7,11H,3,8-10H2,1-2H3,(H,17,19)(H,18,20). The number of para-hydroxylation sites is 1. The summed E-state index contributed by atoms with van der Waals surface area (Å²) in [5.74, 6) is 0.0921. The lowest BCUT2D eigenvalue weighted by Crippen LogP contribution is -2.25. The molecule has 4 nitrogen and oxygen atoms in total. The third kappa shape index (κ3) is 3.70. The summed E-state index contributed by atoms with van der Waals surface area (Å²) in [6.07, 6.45) is 1.45. The first-order valence-electron chi connectivity index (χ1n) is 7.07. The summed E-state index contributed by atoms with van der Waals surface area (Å²) in [5.41, 5.74) is 2.99. The quantitative estimate of drug-likeness (QED) is 0.849. The van der Waals surface area contributed by atoms with E-state index in [2.05, 4.69) is 15.6 Å². The molecule has 1 aromatic heterocycles. The number of carbonyl (C=O) groups excluding carboxylic acids is 1. The minimum Gasteiger partial charge on any atom is -0.384 e. The van der Waals surface area contributed by atoms with Gasteiger partial charge in [0.05, 0.1) is 5.52 Å². The van der Waals surface area contributed by atoms with E-state index in [0.717, 1.165) is 35.2 Å². The van der Waals surface area contributed by atoms with Gasteiger partial charge in [-0.25, -0.2) is 0 Å². The molecule has 1 heterocycles. The number of pyridine rings is 1. The topological polar surface area (TPSA) is 54.0 Å². The summed E-state index contributed by atoms with van der Waals surface area (Å²) in [6, 6.07) is 10.0. The molecule has 0 fully saturated rings. The molecule has 0 radical (unpaired) electrons. The number of aryl methyl sites for hydroxylation is 1. The van der Waals surface area contributed by atoms with Crippen molar-refractivity contribution in [2.24, 2.45) is 0 Å². The molecule has 1 aromatic carbocycles. The van der Waals surface area contributed by atoms with Gasteiger partial charge in [0.25, 0.3) is 0 Å². The highest BCUT2D eigenvalue weighted by Crippen LogP contribution is 2.22. The Morgan fingerprint density at radius 1 is 1.25 bits per heavy atom. The zero-order valence-electron chi connectivity index (χ0n) is 12.1. The van der Waals surface area contributed by atoms with Gasteiger partial charge in [-0.05, 0) is 25.5 Å². The number of anilines is 1. The molecule has 0 aliphatic rings. The van der Waals surface area contributed by atoms with Crippen molar-refractivity contribution in [3.63, 3.8) is 0 Å². The lowest BCUT2D eigenvalue weighted by atomic mass is 10.1. The van der Waals surface area contributed by atoms with Gasteiger partial charge in [-0.15, -0.1) is 0 Å². The van der Waals surface area contributed by atoms with Gasteiger partial charge in [0.1, 0.15) is 0 Å². The number of amides is 1. The second-order valence-electron chi connectivity index (χ2n) is 4.86. The van der Waals surface area contributed by atoms with Crippen molar-refractivity contribution < 1.29 is 4.79 Å². The third-order valence-corrected chi connectivity index (χ3v) is 3.08. The molecule has 0 spiro atoms. The molecular formula is C16H21N3O. The Balaban J connectivity index is 2.01. The molecule has 2 aromatic rings. The predicted molar refractivity (Wildman–Crippen MR) is 82.9 cm³/mol. The second-order valence-corrected chi connectivity index (χ2v) is 4.86. The number of hydrogen-bond donors (Lipinski definition) is 2. The van der Waals surface area contributed by atoms with Gasteiger partial charge in [-0.2, -0.15) is 0 Å². The molecule has 0 saturated carbocycles. The summed E-state index contributed by atoms with van der Waals surface area (Å²) < 4.78 is 0. The minimum absolute atomic E-state index is 0.0921. The fourth-order valence-corrected chi connectivity index (χ4v) is 2.12. The average Bonchev–Trinajstić information content (AvgIpc) is 2.45. The van der Waals surface area contributed by atoms with Crippen LogP contribution in [-0.4, -0.2) is 24.0 Å². The highest BCUT2D eigenvalue weighted by Gasteiger charge is 2.04. The van der Waals surface area contributed by atoms with Crippen LogP contribution in [0.25, 0.3) is 10.9 Å². The van der Waals surface area contributed by atoms with Crippen LogP contribution >= 0.6 is 0 Å². The number of nitrogens with one attached hydrogen (secondary N) is 2. The summed E-state index contributed by atoms with van der Waals surface area (Å²) in [7, 11) is 0. The second kappa shape index (κ2) is 6.89. The van der Waals surface area contributed by atoms with E-state index in [9.17, 15) is 4.79 Å². The van der Waals surface area contributed by atoms with E-state index in [0.29, 0.717) is 13.0 Å². The van der Waals surface area contributed by atoms with Crippen LogP contribution in [0.5, 0.6) is 0 Å². The molecule has 0 aliphatic carbocycles. The van der Waals surface area contributed by atoms with Crippen LogP contribution in [-0.2, 0) is 4.79 Å². The normalized spacial score (nSPS) is 10.5. The number of fused-ring (bicyclic) bond motifs is 1. The average molecular weight is 271 g/mol. The smallest absolute Gasteiger partial charge is 0.221 e. The van der Waals surface area contributed by atoms with Gasteiger partial charge >= 0.3 is 0 Å². The van der Waals surface area contributed by atoms with Crippen LogP contribution in [0.15, 0.2) is 30.3 Å². The SMILES string of the molecule is CCCNC(=O)CCNc1cc(C)nc2ccccc12. The van der Waals surface area contributed by atoms with Crippen molar-refractivity contribution in [1.29, 1.82) is 0 Å². The first kappa shape index (κ1) is 14.3. The van der Waals surface area contributed by atoms with Crippen LogP contribution in [0.3, 0.4) is 0 Å². The molecule has 0 saturated heterocycles. The van der Waals surface area contributed by atoms with E-state index in [1.165, 1.54) is 0 Å². The van der Waals surface area contributed by atoms with Crippen LogP contribution in [0, 0.1) is 6.92 Å². The monoisotopic (exact) mass is 271 g/mol. The zero-order valence-corrected chi connectivity index (χ0v) is 12.1. The van der Waals surface area contributed by atoms with E-state index in [-0.39, 0.29) is 5.91 Å². The van der Waals surface area contributed by atoms with Gasteiger partial charge < -0.3 is 10.6 Å². The fourth-order valence-electron chi connectivity index (χ4n) is 2.12. The van der Waals surface area contributed by atoms with Crippen molar-refractivity contribution in [3.8, 4) is 0 Å². The maximum Gasteiger partial charge on any atom is 0.221 e. The molecule has 1 amide bonds. The Bertz CT molecular complexity index is 595. The Morgan fingerprint density at radius 3 is 2.85 bits per heavy atom. The van der Waals surface area contributed by atoms with Crippen LogP contribution in [0.1, 0.15) is 25.5 Å². The number of carbonyl (C=O) groups is 1. The van der Waals surface area contributed by atoms with Crippen LogP contribution in [0.4, 0.5) is 5.69 Å². The van der Waals surface area contributed by atoms with Crippen molar-refractivity contribution in [2.75, 3.05) is 18.4 Å². The fraction of sp³-hybridized carbons (Fsp3) is 0.375. The predicted octanol–water partition coefficient (Wildman–Crippen LogP) is 2.87. The first-order valence-corrected chi connectivity index (χ1v) is 7.07. The highest BCUT2D eigenvalue weighted by molar-refractivity contribution is 5.91. The van der Waals surface area contributed by atoms with Crippen molar-refractivity contribution >= 4 is 22.5 Å². The number of nitrogens with zero attached hydrogens (tertiary/aromatic N) is 1. The largest absolute Gasteiger partial charge is 0.384 e. The van der Waals surface area contributed by atoms with Gasteiger partial charge in [-0.3, -0.25) is 9.78 Å². The van der Waals surface area contributed by atoms with Crippen molar-refractivity contribution in [3.05, 3.63) is 36.0 Å². The highest BCUT2D eigenvalue weighted by atomic mass is 16.1. The molecule has 0 unspecified atom stereocenters. The van der Waals surface area contributed by atoms with Gasteiger partial charge in [-0.1, -0.05) is 25.1 Å². The van der Waals surface area contributed by atoms with Crippen molar-refractivity contribution in [2.45, 2.75) is 26.7 Å². The van der Waals surface area contributed by atoms with Crippen molar-refractivity contribution in [1.82, 2.24) is 10.3 Å².